The summed E-state index contributed by atoms with van der Waals surface area (Å²) in [6.07, 6.45) is 4.78. The highest BCUT2D eigenvalue weighted by atomic mass is 16.6. The average Bonchev–Trinajstić information content (AvgIpc) is 2.45. The zero-order valence-electron chi connectivity index (χ0n) is 15.2. The molecule has 1 fully saturated rings. The molecule has 1 aromatic heterocycles. The van der Waals surface area contributed by atoms with Crippen LogP contribution in [0, 0.1) is 6.92 Å². The van der Waals surface area contributed by atoms with E-state index < -0.39 is 5.60 Å². The van der Waals surface area contributed by atoms with E-state index in [0.717, 1.165) is 42.8 Å². The van der Waals surface area contributed by atoms with Gasteiger partial charge in [-0.2, -0.15) is 0 Å². The van der Waals surface area contributed by atoms with Crippen LogP contribution in [0.3, 0.4) is 0 Å². The van der Waals surface area contributed by atoms with Crippen molar-refractivity contribution in [2.45, 2.75) is 58.6 Å². The van der Waals surface area contributed by atoms with E-state index in [1.54, 1.807) is 0 Å². The Labute approximate surface area is 139 Å². The highest BCUT2D eigenvalue weighted by Crippen LogP contribution is 2.33. The van der Waals surface area contributed by atoms with Gasteiger partial charge >= 0.3 is 6.09 Å². The first-order valence-electron chi connectivity index (χ1n) is 8.32. The Morgan fingerprint density at radius 1 is 1.35 bits per heavy atom. The molecule has 0 unspecified atom stereocenters. The van der Waals surface area contributed by atoms with Crippen molar-refractivity contribution in [3.8, 4) is 0 Å². The van der Waals surface area contributed by atoms with Crippen LogP contribution in [-0.2, 0) is 4.74 Å². The minimum absolute atomic E-state index is 0.0565. The van der Waals surface area contributed by atoms with Crippen LogP contribution in [0.1, 0.15) is 57.2 Å². The molecule has 2 rings (SSSR count). The molecule has 0 N–H and O–H groups in total. The first-order chi connectivity index (χ1) is 10.7. The van der Waals surface area contributed by atoms with Crippen molar-refractivity contribution in [2.75, 3.05) is 25.5 Å². The fourth-order valence-electron chi connectivity index (χ4n) is 3.06. The minimum atomic E-state index is -0.470. The first-order valence-corrected chi connectivity index (χ1v) is 8.32. The number of ether oxygens (including phenoxy) is 1. The molecule has 2 heterocycles. The number of amides is 1. The van der Waals surface area contributed by atoms with Crippen LogP contribution in [0.2, 0.25) is 0 Å². The van der Waals surface area contributed by atoms with E-state index in [1.165, 1.54) is 0 Å². The summed E-state index contributed by atoms with van der Waals surface area (Å²) in [5.41, 5.74) is 1.75. The molecule has 23 heavy (non-hydrogen) atoms. The Morgan fingerprint density at radius 2 is 2.04 bits per heavy atom. The van der Waals surface area contributed by atoms with Gasteiger partial charge in [-0.15, -0.1) is 0 Å². The Morgan fingerprint density at radius 3 is 2.61 bits per heavy atom. The number of hydrogen-bond acceptors (Lipinski definition) is 4. The Balaban J connectivity index is 2.24. The largest absolute Gasteiger partial charge is 0.444 e. The van der Waals surface area contributed by atoms with Crippen molar-refractivity contribution in [3.05, 3.63) is 23.4 Å². The molecule has 0 radical (unpaired) electrons. The van der Waals surface area contributed by atoms with Crippen LogP contribution in [0.15, 0.2) is 12.3 Å². The fourth-order valence-corrected chi connectivity index (χ4v) is 3.06. The number of rotatable bonds is 2. The SMILES string of the molecule is Cc1cc([C@H]2CCCCN2C(=O)OC(C)(C)C)cnc1N(C)C. The maximum atomic E-state index is 12.5. The molecule has 1 aliphatic heterocycles. The summed E-state index contributed by atoms with van der Waals surface area (Å²) >= 11 is 0. The van der Waals surface area contributed by atoms with Crippen molar-refractivity contribution in [2.24, 2.45) is 0 Å². The molecular weight excluding hydrogens is 290 g/mol. The molecule has 1 saturated heterocycles. The van der Waals surface area contributed by atoms with Gasteiger partial charge in [-0.05, 0) is 64.2 Å². The number of carbonyl (C=O) groups excluding carboxylic acids is 1. The van der Waals surface area contributed by atoms with Gasteiger partial charge in [0, 0.05) is 26.8 Å². The predicted molar refractivity (Wildman–Crippen MR) is 92.8 cm³/mol. The average molecular weight is 319 g/mol. The number of anilines is 1. The fraction of sp³-hybridized carbons (Fsp3) is 0.667. The minimum Gasteiger partial charge on any atom is -0.444 e. The maximum absolute atomic E-state index is 12.5. The van der Waals surface area contributed by atoms with Gasteiger partial charge in [-0.25, -0.2) is 9.78 Å². The molecule has 0 bridgehead atoms. The molecule has 0 aliphatic carbocycles. The molecule has 0 saturated carbocycles. The smallest absolute Gasteiger partial charge is 0.410 e. The molecule has 5 heteroatoms. The third-order valence-corrected chi connectivity index (χ3v) is 4.01. The van der Waals surface area contributed by atoms with Crippen LogP contribution in [0.4, 0.5) is 10.6 Å². The standard InChI is InChI=1S/C18H29N3O2/c1-13-11-14(12-19-16(13)20(5)6)15-9-7-8-10-21(15)17(22)23-18(2,3)4/h11-12,15H,7-10H2,1-6H3/t15-/m1/s1. The number of carbonyl (C=O) groups is 1. The number of aromatic nitrogens is 1. The molecule has 1 aliphatic rings. The molecule has 5 nitrogen and oxygen atoms in total. The Kier molecular flexibility index (Phi) is 5.17. The van der Waals surface area contributed by atoms with E-state index in [2.05, 4.69) is 18.0 Å². The molecule has 0 spiro atoms. The van der Waals surface area contributed by atoms with Gasteiger partial charge < -0.3 is 14.5 Å². The van der Waals surface area contributed by atoms with Crippen LogP contribution in [-0.4, -0.2) is 42.2 Å². The van der Waals surface area contributed by atoms with Gasteiger partial charge in [0.1, 0.15) is 11.4 Å². The second-order valence-corrected chi connectivity index (χ2v) is 7.49. The van der Waals surface area contributed by atoms with E-state index in [1.807, 2.05) is 50.9 Å². The summed E-state index contributed by atoms with van der Waals surface area (Å²) in [5.74, 6) is 0.966. The van der Waals surface area contributed by atoms with Crippen molar-refractivity contribution >= 4 is 11.9 Å². The zero-order chi connectivity index (χ0) is 17.2. The van der Waals surface area contributed by atoms with E-state index in [-0.39, 0.29) is 12.1 Å². The molecule has 0 aromatic carbocycles. The van der Waals surface area contributed by atoms with Gasteiger partial charge in [0.05, 0.1) is 6.04 Å². The lowest BCUT2D eigenvalue weighted by molar-refractivity contribution is 0.00947. The van der Waals surface area contributed by atoms with Crippen LogP contribution < -0.4 is 4.90 Å². The van der Waals surface area contributed by atoms with Crippen molar-refractivity contribution in [1.82, 2.24) is 9.88 Å². The Hall–Kier alpha value is -1.78. The number of likely N-dealkylation sites (tertiary alicyclic amines) is 1. The van der Waals surface area contributed by atoms with Crippen LogP contribution in [0.25, 0.3) is 0 Å². The second-order valence-electron chi connectivity index (χ2n) is 7.49. The summed E-state index contributed by atoms with van der Waals surface area (Å²) < 4.78 is 5.58. The van der Waals surface area contributed by atoms with E-state index in [0.29, 0.717) is 0 Å². The third kappa shape index (κ3) is 4.36. The third-order valence-electron chi connectivity index (χ3n) is 4.01. The van der Waals surface area contributed by atoms with E-state index >= 15 is 0 Å². The normalized spacial score (nSPS) is 18.7. The van der Waals surface area contributed by atoms with Gasteiger partial charge in [0.2, 0.25) is 0 Å². The molecule has 1 amide bonds. The van der Waals surface area contributed by atoms with Gasteiger partial charge in [-0.1, -0.05) is 0 Å². The summed E-state index contributed by atoms with van der Waals surface area (Å²) in [7, 11) is 3.98. The van der Waals surface area contributed by atoms with Crippen molar-refractivity contribution < 1.29 is 9.53 Å². The monoisotopic (exact) mass is 319 g/mol. The van der Waals surface area contributed by atoms with Crippen LogP contribution in [0.5, 0.6) is 0 Å². The van der Waals surface area contributed by atoms with E-state index in [9.17, 15) is 4.79 Å². The first kappa shape index (κ1) is 17.6. The van der Waals surface area contributed by atoms with E-state index in [4.69, 9.17) is 4.74 Å². The number of pyridine rings is 1. The quantitative estimate of drug-likeness (QED) is 0.829. The highest BCUT2D eigenvalue weighted by Gasteiger charge is 2.31. The maximum Gasteiger partial charge on any atom is 0.410 e. The zero-order valence-corrected chi connectivity index (χ0v) is 15.2. The summed E-state index contributed by atoms with van der Waals surface area (Å²) in [6.45, 7) is 8.52. The van der Waals surface area contributed by atoms with Crippen molar-refractivity contribution in [1.29, 1.82) is 0 Å². The lowest BCUT2D eigenvalue weighted by Gasteiger charge is -2.37. The van der Waals surface area contributed by atoms with Crippen molar-refractivity contribution in [3.63, 3.8) is 0 Å². The summed E-state index contributed by atoms with van der Waals surface area (Å²) in [5, 5.41) is 0. The number of piperidine rings is 1. The number of aryl methyl sites for hydroxylation is 1. The topological polar surface area (TPSA) is 45.7 Å². The number of hydrogen-bond donors (Lipinski definition) is 0. The summed E-state index contributed by atoms with van der Waals surface area (Å²) in [4.78, 5) is 21.0. The second kappa shape index (κ2) is 6.77. The molecule has 1 aromatic rings. The van der Waals surface area contributed by atoms with Gasteiger partial charge in [-0.3, -0.25) is 0 Å². The van der Waals surface area contributed by atoms with Gasteiger partial charge in [0.15, 0.2) is 0 Å². The predicted octanol–water partition coefficient (Wildman–Crippen LogP) is 3.92. The van der Waals surface area contributed by atoms with Crippen LogP contribution >= 0.6 is 0 Å². The molecule has 128 valence electrons. The molecule has 1 atom stereocenters. The van der Waals surface area contributed by atoms with Gasteiger partial charge in [0.25, 0.3) is 0 Å². The lowest BCUT2D eigenvalue weighted by atomic mass is 9.96. The Bertz CT molecular complexity index is 564. The highest BCUT2D eigenvalue weighted by molar-refractivity contribution is 5.69. The summed E-state index contributed by atoms with van der Waals surface area (Å²) in [6, 6.07) is 2.20. The number of nitrogens with zero attached hydrogens (tertiary/aromatic N) is 3. The molecular formula is C18H29N3O2. The lowest BCUT2D eigenvalue weighted by Crippen LogP contribution is -2.41.